The molecule has 0 aliphatic rings. The monoisotopic (exact) mass is 416 g/mol. The molecule has 0 aliphatic heterocycles. The molecule has 5 rings (SSSR count). The van der Waals surface area contributed by atoms with Crippen LogP contribution >= 0.6 is 0 Å². The highest BCUT2D eigenvalue weighted by molar-refractivity contribution is 6.01. The van der Waals surface area contributed by atoms with E-state index >= 15 is 0 Å². The topological polar surface area (TPSA) is 57.4 Å². The number of nitrogens with one attached hydrogen (secondary N) is 2. The van der Waals surface area contributed by atoms with Gasteiger partial charge in [-0.15, -0.1) is 0 Å². The van der Waals surface area contributed by atoms with Crippen molar-refractivity contribution in [1.29, 1.82) is 0 Å². The maximum Gasteiger partial charge on any atom is 0.116 e. The first kappa shape index (κ1) is 19.8. The molecule has 32 heavy (non-hydrogen) atoms. The zero-order valence-corrected chi connectivity index (χ0v) is 18.2. The highest BCUT2D eigenvalue weighted by Gasteiger charge is 2.14. The molecule has 5 aromatic rings. The highest BCUT2D eigenvalue weighted by Crippen LogP contribution is 2.34. The summed E-state index contributed by atoms with van der Waals surface area (Å²) in [5, 5.41) is 10.1. The Morgan fingerprint density at radius 1 is 0.969 bits per heavy atom. The van der Waals surface area contributed by atoms with Gasteiger partial charge in [0.25, 0.3) is 0 Å². The Bertz CT molecular complexity index is 1500. The van der Waals surface area contributed by atoms with Crippen molar-refractivity contribution in [2.45, 2.75) is 13.8 Å². The van der Waals surface area contributed by atoms with Crippen LogP contribution < -0.4 is 0 Å². The molecule has 0 unspecified atom stereocenters. The quantitative estimate of drug-likeness (QED) is 0.295. The van der Waals surface area contributed by atoms with E-state index in [0.717, 1.165) is 50.1 Å². The molecule has 2 aromatic carbocycles. The zero-order chi connectivity index (χ0) is 22.1. The van der Waals surface area contributed by atoms with Gasteiger partial charge in [-0.25, -0.2) is 0 Å². The molecule has 0 saturated heterocycles. The molecule has 0 fully saturated rings. The molecule has 0 saturated carbocycles. The number of hydrogen-bond acceptors (Lipinski definition) is 2. The van der Waals surface area contributed by atoms with Gasteiger partial charge in [-0.05, 0) is 72.5 Å². The van der Waals surface area contributed by atoms with Crippen LogP contribution in [-0.4, -0.2) is 20.2 Å². The lowest BCUT2D eigenvalue weighted by Gasteiger charge is -2.04. The molecule has 4 heteroatoms. The molecule has 3 aromatic heterocycles. The summed E-state index contributed by atoms with van der Waals surface area (Å²) in [5.74, 6) is 0. The van der Waals surface area contributed by atoms with E-state index < -0.39 is 0 Å². The van der Waals surface area contributed by atoms with Crippen LogP contribution in [0.4, 0.5) is 0 Å². The van der Waals surface area contributed by atoms with Gasteiger partial charge in [0.15, 0.2) is 0 Å². The predicted molar refractivity (Wildman–Crippen MR) is 134 cm³/mol. The smallest absolute Gasteiger partial charge is 0.116 e. The van der Waals surface area contributed by atoms with Crippen LogP contribution in [0.5, 0.6) is 0 Å². The van der Waals surface area contributed by atoms with Crippen LogP contribution in [-0.2, 0) is 0 Å². The average molecular weight is 417 g/mol. The van der Waals surface area contributed by atoms with Gasteiger partial charge in [0.2, 0.25) is 0 Å². The summed E-state index contributed by atoms with van der Waals surface area (Å²) < 4.78 is 0. The minimum absolute atomic E-state index is 0.915. The number of pyridine rings is 1. The van der Waals surface area contributed by atoms with Crippen LogP contribution in [0.2, 0.25) is 0 Å². The van der Waals surface area contributed by atoms with Crippen molar-refractivity contribution in [3.63, 3.8) is 0 Å². The Balaban J connectivity index is 1.65. The van der Waals surface area contributed by atoms with Gasteiger partial charge in [0.1, 0.15) is 5.69 Å². The maximum atomic E-state index is 4.65. The second-order valence-electron chi connectivity index (χ2n) is 7.85. The second-order valence-corrected chi connectivity index (χ2v) is 7.85. The molecule has 0 atom stereocenters. The molecule has 156 valence electrons. The summed E-state index contributed by atoms with van der Waals surface area (Å²) in [6, 6.07) is 19.0. The van der Waals surface area contributed by atoms with Crippen LogP contribution in [0, 0.1) is 0 Å². The normalized spacial score (nSPS) is 12.6. The molecule has 0 bridgehead atoms. The van der Waals surface area contributed by atoms with E-state index in [1.807, 2.05) is 30.6 Å². The SMILES string of the molecule is C=C/C(C)=C\C(=C/C)c1ccc2[nH]nc(-c3cc4c(-c5ccncc5)cccc4[nH]3)c2c1. The van der Waals surface area contributed by atoms with Crippen molar-refractivity contribution in [3.05, 3.63) is 103 Å². The molecule has 3 heterocycles. The summed E-state index contributed by atoms with van der Waals surface area (Å²) in [7, 11) is 0. The fourth-order valence-corrected chi connectivity index (χ4v) is 4.10. The Kier molecular flexibility index (Phi) is 5.04. The minimum atomic E-state index is 0.915. The first-order chi connectivity index (χ1) is 15.7. The zero-order valence-electron chi connectivity index (χ0n) is 18.2. The second kappa shape index (κ2) is 8.16. The van der Waals surface area contributed by atoms with E-state index in [0.29, 0.717) is 0 Å². The van der Waals surface area contributed by atoms with Gasteiger partial charge in [-0.3, -0.25) is 10.1 Å². The van der Waals surface area contributed by atoms with Gasteiger partial charge in [0, 0.05) is 28.7 Å². The number of H-pyrrole nitrogens is 2. The van der Waals surface area contributed by atoms with Gasteiger partial charge < -0.3 is 4.98 Å². The molecule has 0 spiro atoms. The maximum absolute atomic E-state index is 4.65. The van der Waals surface area contributed by atoms with Crippen LogP contribution in [0.15, 0.2) is 97.4 Å². The van der Waals surface area contributed by atoms with Gasteiger partial charge in [-0.1, -0.05) is 48.6 Å². The van der Waals surface area contributed by atoms with E-state index in [4.69, 9.17) is 0 Å². The van der Waals surface area contributed by atoms with Crippen molar-refractivity contribution in [2.75, 3.05) is 0 Å². The van der Waals surface area contributed by atoms with Gasteiger partial charge in [0.05, 0.1) is 11.2 Å². The van der Waals surface area contributed by atoms with Crippen LogP contribution in [0.25, 0.3) is 49.9 Å². The molecular formula is C28H24N4. The summed E-state index contributed by atoms with van der Waals surface area (Å²) in [6.45, 7) is 7.98. The van der Waals surface area contributed by atoms with E-state index in [-0.39, 0.29) is 0 Å². The Labute approximate surface area is 187 Å². The first-order valence-electron chi connectivity index (χ1n) is 10.7. The summed E-state index contributed by atoms with van der Waals surface area (Å²) in [4.78, 5) is 7.71. The molecular weight excluding hydrogens is 392 g/mol. The Hall–Kier alpha value is -4.18. The molecule has 0 aliphatic carbocycles. The number of rotatable bonds is 5. The van der Waals surface area contributed by atoms with E-state index in [2.05, 4.69) is 95.2 Å². The minimum Gasteiger partial charge on any atom is -0.353 e. The number of allylic oxidation sites excluding steroid dienone is 5. The van der Waals surface area contributed by atoms with Gasteiger partial charge >= 0.3 is 0 Å². The third-order valence-electron chi connectivity index (χ3n) is 5.82. The van der Waals surface area contributed by atoms with Crippen LogP contribution in [0.1, 0.15) is 19.4 Å². The average Bonchev–Trinajstić information content (AvgIpc) is 3.46. The van der Waals surface area contributed by atoms with Crippen molar-refractivity contribution in [1.82, 2.24) is 20.2 Å². The number of aromatic amines is 2. The van der Waals surface area contributed by atoms with Gasteiger partial charge in [-0.2, -0.15) is 5.10 Å². The largest absolute Gasteiger partial charge is 0.353 e. The van der Waals surface area contributed by atoms with E-state index in [1.54, 1.807) is 0 Å². The van der Waals surface area contributed by atoms with E-state index in [1.165, 1.54) is 10.9 Å². The summed E-state index contributed by atoms with van der Waals surface area (Å²) in [5.41, 5.74) is 9.76. The third-order valence-corrected chi connectivity index (χ3v) is 5.82. The highest BCUT2D eigenvalue weighted by atomic mass is 15.1. The number of fused-ring (bicyclic) bond motifs is 2. The number of hydrogen-bond donors (Lipinski definition) is 2. The number of benzene rings is 2. The van der Waals surface area contributed by atoms with Crippen LogP contribution in [0.3, 0.4) is 0 Å². The molecule has 0 radical (unpaired) electrons. The predicted octanol–water partition coefficient (Wildman–Crippen LogP) is 7.31. The van der Waals surface area contributed by atoms with E-state index in [9.17, 15) is 0 Å². The molecule has 2 N–H and O–H groups in total. The lowest BCUT2D eigenvalue weighted by Crippen LogP contribution is -1.84. The van der Waals surface area contributed by atoms with Crippen molar-refractivity contribution >= 4 is 27.4 Å². The molecule has 4 nitrogen and oxygen atoms in total. The fraction of sp³-hybridized carbons (Fsp3) is 0.0714. The standard InChI is InChI=1S/C28H24N4/c1-4-18(3)15-19(5-2)21-9-10-26-24(16-21)28(32-31-26)27-17-23-22(7-6-8-25(23)30-27)20-11-13-29-14-12-20/h4-17,30H,1H2,2-3H3,(H,31,32)/b18-15-,19-5+. The third kappa shape index (κ3) is 3.46. The number of nitrogens with zero attached hydrogens (tertiary/aromatic N) is 2. The lowest BCUT2D eigenvalue weighted by atomic mass is 10.00. The lowest BCUT2D eigenvalue weighted by molar-refractivity contribution is 1.12. The Morgan fingerprint density at radius 2 is 1.81 bits per heavy atom. The fourth-order valence-electron chi connectivity index (χ4n) is 4.10. The van der Waals surface area contributed by atoms with Crippen molar-refractivity contribution in [3.8, 4) is 22.5 Å². The van der Waals surface area contributed by atoms with Crippen molar-refractivity contribution < 1.29 is 0 Å². The summed E-state index contributed by atoms with van der Waals surface area (Å²) >= 11 is 0. The first-order valence-corrected chi connectivity index (χ1v) is 10.7. The van der Waals surface area contributed by atoms with Crippen molar-refractivity contribution in [2.24, 2.45) is 0 Å². The summed E-state index contributed by atoms with van der Waals surface area (Å²) in [6.07, 6.45) is 9.80. The Morgan fingerprint density at radius 3 is 2.59 bits per heavy atom. The molecule has 0 amide bonds. The number of aromatic nitrogens is 4.